The Labute approximate surface area is 200 Å². The molecule has 0 aliphatic rings. The Balaban J connectivity index is 1.48. The lowest BCUT2D eigenvalue weighted by Crippen LogP contribution is -2.30. The SMILES string of the molecule is CCOc1ccc(/C=N/NC(=O)Cn2cnc3scc(-c4ccccc4)c3c2=O)cc1OCC. The van der Waals surface area contributed by atoms with Crippen molar-refractivity contribution in [3.05, 3.63) is 76.2 Å². The summed E-state index contributed by atoms with van der Waals surface area (Å²) in [7, 11) is 0. The van der Waals surface area contributed by atoms with E-state index in [1.165, 1.54) is 28.4 Å². The quantitative estimate of drug-likeness (QED) is 0.290. The molecule has 2 aromatic carbocycles. The fourth-order valence-electron chi connectivity index (χ4n) is 3.43. The summed E-state index contributed by atoms with van der Waals surface area (Å²) in [6.45, 7) is 4.63. The van der Waals surface area contributed by atoms with Crippen molar-refractivity contribution in [2.24, 2.45) is 5.10 Å². The standard InChI is InChI=1S/C25H24N4O4S/c1-3-32-20-11-10-17(12-21(20)33-4-2)13-27-28-22(30)14-29-16-26-24-23(25(29)31)19(15-34-24)18-8-6-5-7-9-18/h5-13,15-16H,3-4,14H2,1-2H3,(H,28,30)/b27-13+. The molecule has 0 saturated carbocycles. The van der Waals surface area contributed by atoms with Gasteiger partial charge in [0.25, 0.3) is 11.5 Å². The van der Waals surface area contributed by atoms with E-state index in [1.54, 1.807) is 12.1 Å². The topological polar surface area (TPSA) is 94.8 Å². The van der Waals surface area contributed by atoms with Gasteiger partial charge in [0.15, 0.2) is 11.5 Å². The second-order valence-corrected chi connectivity index (χ2v) is 8.10. The number of hydrogen-bond donors (Lipinski definition) is 1. The first-order chi connectivity index (χ1) is 16.6. The summed E-state index contributed by atoms with van der Waals surface area (Å²) in [6.07, 6.45) is 2.90. The van der Waals surface area contributed by atoms with Crippen molar-refractivity contribution in [2.45, 2.75) is 20.4 Å². The number of rotatable bonds is 9. The maximum atomic E-state index is 13.1. The predicted molar refractivity (Wildman–Crippen MR) is 134 cm³/mol. The van der Waals surface area contributed by atoms with E-state index in [4.69, 9.17) is 9.47 Å². The molecule has 8 nitrogen and oxygen atoms in total. The number of amides is 1. The maximum Gasteiger partial charge on any atom is 0.263 e. The molecule has 0 radical (unpaired) electrons. The number of aromatic nitrogens is 2. The third-order valence-corrected chi connectivity index (χ3v) is 5.82. The number of benzene rings is 2. The molecule has 0 bridgehead atoms. The summed E-state index contributed by atoms with van der Waals surface area (Å²) in [6, 6.07) is 15.0. The number of ether oxygens (including phenoxy) is 2. The van der Waals surface area contributed by atoms with Crippen molar-refractivity contribution in [1.82, 2.24) is 15.0 Å². The lowest BCUT2D eigenvalue weighted by atomic mass is 10.1. The minimum atomic E-state index is -0.438. The van der Waals surface area contributed by atoms with Crippen LogP contribution in [0.4, 0.5) is 0 Å². The average Bonchev–Trinajstić information content (AvgIpc) is 3.28. The molecule has 0 spiro atoms. The average molecular weight is 477 g/mol. The van der Waals surface area contributed by atoms with E-state index in [2.05, 4.69) is 15.5 Å². The summed E-state index contributed by atoms with van der Waals surface area (Å²) in [5, 5.41) is 6.43. The van der Waals surface area contributed by atoms with Gasteiger partial charge in [-0.1, -0.05) is 30.3 Å². The number of carbonyl (C=O) groups excluding carboxylic acids is 1. The summed E-state index contributed by atoms with van der Waals surface area (Å²) in [4.78, 5) is 30.5. The second-order valence-electron chi connectivity index (χ2n) is 7.24. The van der Waals surface area contributed by atoms with Gasteiger partial charge in [-0.05, 0) is 43.2 Å². The van der Waals surface area contributed by atoms with E-state index in [0.717, 1.165) is 16.7 Å². The highest BCUT2D eigenvalue weighted by molar-refractivity contribution is 7.17. The van der Waals surface area contributed by atoms with Gasteiger partial charge in [0.1, 0.15) is 11.4 Å². The molecule has 1 amide bonds. The molecule has 1 N–H and O–H groups in total. The summed E-state index contributed by atoms with van der Waals surface area (Å²) in [5.74, 6) is 0.818. The number of hydrazone groups is 1. The van der Waals surface area contributed by atoms with Gasteiger partial charge in [0, 0.05) is 10.9 Å². The van der Waals surface area contributed by atoms with Crippen molar-refractivity contribution in [3.8, 4) is 22.6 Å². The number of nitrogens with one attached hydrogen (secondary N) is 1. The van der Waals surface area contributed by atoms with E-state index in [0.29, 0.717) is 34.9 Å². The molecular formula is C25H24N4O4S. The molecule has 0 aliphatic carbocycles. The van der Waals surface area contributed by atoms with Crippen LogP contribution in [0, 0.1) is 0 Å². The van der Waals surface area contributed by atoms with Crippen LogP contribution in [0.15, 0.2) is 70.1 Å². The van der Waals surface area contributed by atoms with Crippen LogP contribution in [0.25, 0.3) is 21.3 Å². The highest BCUT2D eigenvalue weighted by Crippen LogP contribution is 2.30. The normalized spacial score (nSPS) is 11.1. The molecule has 4 rings (SSSR count). The molecule has 9 heteroatoms. The van der Waals surface area contributed by atoms with E-state index in [9.17, 15) is 9.59 Å². The Morgan fingerprint density at radius 2 is 1.88 bits per heavy atom. The highest BCUT2D eigenvalue weighted by Gasteiger charge is 2.14. The van der Waals surface area contributed by atoms with Crippen LogP contribution in [-0.4, -0.2) is 34.9 Å². The smallest absolute Gasteiger partial charge is 0.263 e. The molecule has 34 heavy (non-hydrogen) atoms. The van der Waals surface area contributed by atoms with Crippen LogP contribution in [0.2, 0.25) is 0 Å². The van der Waals surface area contributed by atoms with Gasteiger partial charge in [0.05, 0.1) is 31.1 Å². The van der Waals surface area contributed by atoms with Crippen LogP contribution in [0.1, 0.15) is 19.4 Å². The molecule has 0 aliphatic heterocycles. The molecule has 2 aromatic heterocycles. The minimum Gasteiger partial charge on any atom is -0.490 e. The Hall–Kier alpha value is -3.98. The number of thiophene rings is 1. The number of carbonyl (C=O) groups is 1. The summed E-state index contributed by atoms with van der Waals surface area (Å²) in [5.41, 5.74) is 4.67. The Morgan fingerprint density at radius 1 is 1.12 bits per heavy atom. The Morgan fingerprint density at radius 3 is 2.65 bits per heavy atom. The van der Waals surface area contributed by atoms with Crippen molar-refractivity contribution in [3.63, 3.8) is 0 Å². The van der Waals surface area contributed by atoms with Crippen molar-refractivity contribution in [2.75, 3.05) is 13.2 Å². The van der Waals surface area contributed by atoms with Gasteiger partial charge >= 0.3 is 0 Å². The van der Waals surface area contributed by atoms with Crippen molar-refractivity contribution >= 4 is 33.7 Å². The number of hydrogen-bond acceptors (Lipinski definition) is 7. The molecular weight excluding hydrogens is 452 g/mol. The van der Waals surface area contributed by atoms with Crippen LogP contribution in [0.5, 0.6) is 11.5 Å². The molecule has 0 fully saturated rings. The zero-order valence-electron chi connectivity index (χ0n) is 18.9. The number of fused-ring (bicyclic) bond motifs is 1. The molecule has 0 saturated heterocycles. The molecule has 2 heterocycles. The maximum absolute atomic E-state index is 13.1. The highest BCUT2D eigenvalue weighted by atomic mass is 32.1. The third-order valence-electron chi connectivity index (χ3n) is 4.93. The van der Waals surface area contributed by atoms with Gasteiger partial charge < -0.3 is 9.47 Å². The Kier molecular flexibility index (Phi) is 7.34. The van der Waals surface area contributed by atoms with Gasteiger partial charge in [0.2, 0.25) is 0 Å². The zero-order chi connectivity index (χ0) is 23.9. The largest absolute Gasteiger partial charge is 0.490 e. The van der Waals surface area contributed by atoms with E-state index >= 15 is 0 Å². The minimum absolute atomic E-state index is 0.198. The monoisotopic (exact) mass is 476 g/mol. The van der Waals surface area contributed by atoms with Crippen LogP contribution >= 0.6 is 11.3 Å². The first kappa shape index (κ1) is 23.2. The van der Waals surface area contributed by atoms with Crippen LogP contribution < -0.4 is 20.5 Å². The van der Waals surface area contributed by atoms with Gasteiger partial charge in [-0.3, -0.25) is 14.2 Å². The molecule has 0 unspecified atom stereocenters. The van der Waals surface area contributed by atoms with Crippen LogP contribution in [-0.2, 0) is 11.3 Å². The van der Waals surface area contributed by atoms with E-state index in [-0.39, 0.29) is 12.1 Å². The fraction of sp³-hybridized carbons (Fsp3) is 0.200. The first-order valence-electron chi connectivity index (χ1n) is 10.8. The zero-order valence-corrected chi connectivity index (χ0v) is 19.7. The third kappa shape index (κ3) is 5.15. The lowest BCUT2D eigenvalue weighted by molar-refractivity contribution is -0.121. The second kappa shape index (κ2) is 10.8. The number of nitrogens with zero attached hydrogens (tertiary/aromatic N) is 3. The van der Waals surface area contributed by atoms with Crippen molar-refractivity contribution < 1.29 is 14.3 Å². The predicted octanol–water partition coefficient (Wildman–Crippen LogP) is 4.07. The summed E-state index contributed by atoms with van der Waals surface area (Å²) < 4.78 is 12.4. The fourth-order valence-corrected chi connectivity index (χ4v) is 4.33. The van der Waals surface area contributed by atoms with Crippen LogP contribution in [0.3, 0.4) is 0 Å². The van der Waals surface area contributed by atoms with Gasteiger partial charge in [-0.25, -0.2) is 10.4 Å². The first-order valence-corrected chi connectivity index (χ1v) is 11.7. The molecule has 0 atom stereocenters. The van der Waals surface area contributed by atoms with E-state index < -0.39 is 5.91 Å². The molecule has 174 valence electrons. The molecule has 4 aromatic rings. The van der Waals surface area contributed by atoms with Gasteiger partial charge in [-0.2, -0.15) is 5.10 Å². The Bertz CT molecular complexity index is 1380. The van der Waals surface area contributed by atoms with Crippen molar-refractivity contribution in [1.29, 1.82) is 0 Å². The van der Waals surface area contributed by atoms with E-state index in [1.807, 2.05) is 55.6 Å². The lowest BCUT2D eigenvalue weighted by Gasteiger charge is -2.11. The van der Waals surface area contributed by atoms with Gasteiger partial charge in [-0.15, -0.1) is 11.3 Å². The summed E-state index contributed by atoms with van der Waals surface area (Å²) >= 11 is 1.40.